The molecule has 0 spiro atoms. The van der Waals surface area contributed by atoms with Gasteiger partial charge in [-0.05, 0) is 12.8 Å². The maximum Gasteiger partial charge on any atom is 0.0893 e. The van der Waals surface area contributed by atoms with Gasteiger partial charge in [-0.15, -0.1) is 0 Å². The normalized spacial score (nSPS) is 13.0. The van der Waals surface area contributed by atoms with Gasteiger partial charge in [-0.3, -0.25) is 0 Å². The van der Waals surface area contributed by atoms with Crippen LogP contribution in [0, 0.1) is 0 Å². The number of likely N-dealkylation sites (N-methyl/N-ethyl adjacent to an activating group) is 1. The first-order valence-electron chi connectivity index (χ1n) is 6.82. The van der Waals surface area contributed by atoms with E-state index >= 15 is 0 Å². The smallest absolute Gasteiger partial charge is 0.0893 e. The van der Waals surface area contributed by atoms with E-state index in [9.17, 15) is 0 Å². The standard InChI is InChI=1S/C13H30N2/c1-3-4-5-6-7-8-9-10-12-15(2)13-11-14/h3-14H2,1-2H3/p+1. The molecule has 0 radical (unpaired) electrons. The van der Waals surface area contributed by atoms with Gasteiger partial charge in [-0.25, -0.2) is 0 Å². The molecule has 92 valence electrons. The second kappa shape index (κ2) is 12.0. The van der Waals surface area contributed by atoms with Crippen molar-refractivity contribution in [1.29, 1.82) is 0 Å². The molecule has 1 atom stereocenters. The van der Waals surface area contributed by atoms with Gasteiger partial charge in [0.1, 0.15) is 0 Å². The molecule has 0 saturated heterocycles. The van der Waals surface area contributed by atoms with E-state index in [0.29, 0.717) is 0 Å². The van der Waals surface area contributed by atoms with Crippen LogP contribution in [0.4, 0.5) is 0 Å². The van der Waals surface area contributed by atoms with Gasteiger partial charge in [0.05, 0.1) is 20.1 Å². The molecular formula is C13H31N2+. The van der Waals surface area contributed by atoms with E-state index in [0.717, 1.165) is 13.1 Å². The largest absolute Gasteiger partial charge is 0.336 e. The van der Waals surface area contributed by atoms with E-state index in [-0.39, 0.29) is 0 Å². The van der Waals surface area contributed by atoms with Gasteiger partial charge < -0.3 is 10.6 Å². The van der Waals surface area contributed by atoms with Crippen LogP contribution >= 0.6 is 0 Å². The van der Waals surface area contributed by atoms with Crippen molar-refractivity contribution in [2.75, 3.05) is 26.7 Å². The number of unbranched alkanes of at least 4 members (excludes halogenated alkanes) is 7. The number of hydrogen-bond acceptors (Lipinski definition) is 1. The Hall–Kier alpha value is -0.0800. The number of rotatable bonds is 11. The molecule has 2 nitrogen and oxygen atoms in total. The van der Waals surface area contributed by atoms with Gasteiger partial charge in [-0.2, -0.15) is 0 Å². The van der Waals surface area contributed by atoms with Crippen LogP contribution in [-0.4, -0.2) is 26.7 Å². The van der Waals surface area contributed by atoms with Gasteiger partial charge in [0.25, 0.3) is 0 Å². The lowest BCUT2D eigenvalue weighted by atomic mass is 10.1. The fourth-order valence-electron chi connectivity index (χ4n) is 1.93. The SMILES string of the molecule is CCCCCCCCCC[NH+](C)CCN. The van der Waals surface area contributed by atoms with Crippen LogP contribution in [0.25, 0.3) is 0 Å². The molecule has 0 bridgehead atoms. The lowest BCUT2D eigenvalue weighted by Gasteiger charge is -2.12. The minimum atomic E-state index is 0.822. The molecule has 0 fully saturated rings. The predicted octanol–water partition coefficient (Wildman–Crippen LogP) is 1.60. The van der Waals surface area contributed by atoms with E-state index in [4.69, 9.17) is 5.73 Å². The van der Waals surface area contributed by atoms with Crippen LogP contribution in [0.2, 0.25) is 0 Å². The summed E-state index contributed by atoms with van der Waals surface area (Å²) in [7, 11) is 2.24. The van der Waals surface area contributed by atoms with Gasteiger partial charge in [-0.1, -0.05) is 45.4 Å². The molecule has 0 aliphatic carbocycles. The van der Waals surface area contributed by atoms with E-state index in [1.165, 1.54) is 57.9 Å². The molecule has 0 aromatic heterocycles. The fourth-order valence-corrected chi connectivity index (χ4v) is 1.93. The molecule has 15 heavy (non-hydrogen) atoms. The first-order chi connectivity index (χ1) is 7.31. The van der Waals surface area contributed by atoms with Crippen molar-refractivity contribution in [3.63, 3.8) is 0 Å². The highest BCUT2D eigenvalue weighted by molar-refractivity contribution is 4.45. The van der Waals surface area contributed by atoms with Crippen LogP contribution < -0.4 is 10.6 Å². The highest BCUT2D eigenvalue weighted by Gasteiger charge is 1.98. The summed E-state index contributed by atoms with van der Waals surface area (Å²) in [6, 6.07) is 0. The van der Waals surface area contributed by atoms with Crippen LogP contribution in [0.1, 0.15) is 58.3 Å². The second-order valence-electron chi connectivity index (χ2n) is 4.72. The maximum absolute atomic E-state index is 5.51. The van der Waals surface area contributed by atoms with Gasteiger partial charge >= 0.3 is 0 Å². The first kappa shape index (κ1) is 14.9. The molecule has 0 amide bonds. The summed E-state index contributed by atoms with van der Waals surface area (Å²) in [6.07, 6.45) is 11.3. The molecule has 0 rings (SSSR count). The van der Waals surface area contributed by atoms with Gasteiger partial charge in [0, 0.05) is 6.54 Å². The number of nitrogens with one attached hydrogen (secondary N) is 1. The van der Waals surface area contributed by atoms with Crippen molar-refractivity contribution < 1.29 is 4.90 Å². The molecule has 3 N–H and O–H groups in total. The van der Waals surface area contributed by atoms with Crippen LogP contribution in [-0.2, 0) is 0 Å². The zero-order chi connectivity index (χ0) is 11.4. The summed E-state index contributed by atoms with van der Waals surface area (Å²) < 4.78 is 0. The molecule has 0 heterocycles. The van der Waals surface area contributed by atoms with Gasteiger partial charge in [0.2, 0.25) is 0 Å². The van der Waals surface area contributed by atoms with Crippen LogP contribution in [0.5, 0.6) is 0 Å². The van der Waals surface area contributed by atoms with Crippen LogP contribution in [0.3, 0.4) is 0 Å². The Morgan fingerprint density at radius 2 is 1.33 bits per heavy atom. The van der Waals surface area contributed by atoms with E-state index in [1.54, 1.807) is 4.90 Å². The second-order valence-corrected chi connectivity index (χ2v) is 4.72. The summed E-state index contributed by atoms with van der Waals surface area (Å²) >= 11 is 0. The summed E-state index contributed by atoms with van der Waals surface area (Å²) in [5.74, 6) is 0. The highest BCUT2D eigenvalue weighted by Crippen LogP contribution is 2.07. The first-order valence-corrected chi connectivity index (χ1v) is 6.82. The highest BCUT2D eigenvalue weighted by atomic mass is 15.1. The zero-order valence-electron chi connectivity index (χ0n) is 10.9. The van der Waals surface area contributed by atoms with Crippen molar-refractivity contribution in [2.24, 2.45) is 5.73 Å². The van der Waals surface area contributed by atoms with E-state index in [2.05, 4.69) is 14.0 Å². The van der Waals surface area contributed by atoms with Crippen molar-refractivity contribution in [2.45, 2.75) is 58.3 Å². The molecular weight excluding hydrogens is 184 g/mol. The minimum Gasteiger partial charge on any atom is -0.336 e. The topological polar surface area (TPSA) is 30.5 Å². The quantitative estimate of drug-likeness (QED) is 0.504. The molecule has 0 aliphatic heterocycles. The third-order valence-electron chi connectivity index (χ3n) is 3.03. The summed E-state index contributed by atoms with van der Waals surface area (Å²) in [6.45, 7) is 5.52. The Kier molecular flexibility index (Phi) is 11.9. The molecule has 0 aromatic carbocycles. The Morgan fingerprint density at radius 1 is 0.800 bits per heavy atom. The van der Waals surface area contributed by atoms with Crippen molar-refractivity contribution in [3.05, 3.63) is 0 Å². The zero-order valence-corrected chi connectivity index (χ0v) is 10.9. The Labute approximate surface area is 96.2 Å². The molecule has 0 aromatic rings. The van der Waals surface area contributed by atoms with Crippen molar-refractivity contribution in [1.82, 2.24) is 0 Å². The van der Waals surface area contributed by atoms with Crippen LogP contribution in [0.15, 0.2) is 0 Å². The Morgan fingerprint density at radius 3 is 1.87 bits per heavy atom. The number of hydrogen-bond donors (Lipinski definition) is 2. The minimum absolute atomic E-state index is 0.822. The summed E-state index contributed by atoms with van der Waals surface area (Å²) in [4.78, 5) is 1.59. The predicted molar refractivity (Wildman–Crippen MR) is 68.3 cm³/mol. The molecule has 0 aliphatic rings. The van der Waals surface area contributed by atoms with Gasteiger partial charge in [0.15, 0.2) is 0 Å². The van der Waals surface area contributed by atoms with Crippen molar-refractivity contribution >= 4 is 0 Å². The average Bonchev–Trinajstić information content (AvgIpc) is 2.22. The molecule has 2 heteroatoms. The third kappa shape index (κ3) is 11.8. The molecule has 0 saturated carbocycles. The van der Waals surface area contributed by atoms with E-state index in [1.807, 2.05) is 0 Å². The maximum atomic E-state index is 5.51. The average molecular weight is 215 g/mol. The lowest BCUT2D eigenvalue weighted by molar-refractivity contribution is -0.878. The molecule has 1 unspecified atom stereocenters. The fraction of sp³-hybridized carbons (Fsp3) is 1.00. The third-order valence-corrected chi connectivity index (χ3v) is 3.03. The Balaban J connectivity index is 2.98. The van der Waals surface area contributed by atoms with Crippen molar-refractivity contribution in [3.8, 4) is 0 Å². The summed E-state index contributed by atoms with van der Waals surface area (Å²) in [5.41, 5.74) is 5.51. The van der Waals surface area contributed by atoms with E-state index < -0.39 is 0 Å². The summed E-state index contributed by atoms with van der Waals surface area (Å²) in [5, 5.41) is 0. The lowest BCUT2D eigenvalue weighted by Crippen LogP contribution is -3.09. The number of quaternary nitrogens is 1. The monoisotopic (exact) mass is 215 g/mol. The number of nitrogens with two attached hydrogens (primary N) is 1. The Bertz CT molecular complexity index is 115.